The Balaban J connectivity index is 1.99. The molecule has 2 aromatic rings. The molecule has 90 valence electrons. The molecule has 2 rings (SSSR count). The predicted octanol–water partition coefficient (Wildman–Crippen LogP) is 3.05. The van der Waals surface area contributed by atoms with Gasteiger partial charge in [-0.05, 0) is 12.1 Å². The van der Waals surface area contributed by atoms with Gasteiger partial charge in [0.2, 0.25) is 5.89 Å². The maximum absolute atomic E-state index is 5.22. The molecule has 0 unspecified atom stereocenters. The summed E-state index contributed by atoms with van der Waals surface area (Å²) in [5, 5.41) is 4.93. The summed E-state index contributed by atoms with van der Waals surface area (Å²) in [7, 11) is 0. The van der Waals surface area contributed by atoms with Gasteiger partial charge >= 0.3 is 0 Å². The van der Waals surface area contributed by atoms with Crippen LogP contribution in [0.5, 0.6) is 0 Å². The summed E-state index contributed by atoms with van der Waals surface area (Å²) >= 11 is 1.60. The van der Waals surface area contributed by atoms with Crippen molar-refractivity contribution in [2.45, 2.75) is 37.0 Å². The average Bonchev–Trinajstić information content (AvgIpc) is 2.76. The van der Waals surface area contributed by atoms with E-state index in [1.165, 1.54) is 0 Å². The Bertz CT molecular complexity index is 476. The highest BCUT2D eigenvalue weighted by Gasteiger charge is 2.21. The topological polar surface area (TPSA) is 51.8 Å². The molecule has 5 heteroatoms. The van der Waals surface area contributed by atoms with Gasteiger partial charge in [0.15, 0.2) is 5.82 Å². The summed E-state index contributed by atoms with van der Waals surface area (Å²) in [6, 6.07) is 5.83. The summed E-state index contributed by atoms with van der Waals surface area (Å²) in [6.45, 7) is 6.16. The maximum atomic E-state index is 5.22. The van der Waals surface area contributed by atoms with Crippen molar-refractivity contribution in [3.63, 3.8) is 0 Å². The molecule has 17 heavy (non-hydrogen) atoms. The number of hydrogen-bond donors (Lipinski definition) is 0. The zero-order valence-corrected chi connectivity index (χ0v) is 11.0. The molecule has 0 amide bonds. The third-order valence-corrected chi connectivity index (χ3v) is 3.04. The zero-order valence-electron chi connectivity index (χ0n) is 10.2. The van der Waals surface area contributed by atoms with Crippen LogP contribution >= 0.6 is 11.8 Å². The van der Waals surface area contributed by atoms with Gasteiger partial charge in [-0.1, -0.05) is 43.8 Å². The van der Waals surface area contributed by atoms with Crippen molar-refractivity contribution >= 4 is 11.8 Å². The fourth-order valence-electron chi connectivity index (χ4n) is 1.19. The molecule has 0 fully saturated rings. The lowest BCUT2D eigenvalue weighted by Crippen LogP contribution is -2.11. The van der Waals surface area contributed by atoms with Crippen molar-refractivity contribution < 1.29 is 4.52 Å². The Morgan fingerprint density at radius 1 is 1.29 bits per heavy atom. The Morgan fingerprint density at radius 3 is 2.71 bits per heavy atom. The normalized spacial score (nSPS) is 11.7. The molecule has 0 aliphatic heterocycles. The van der Waals surface area contributed by atoms with Gasteiger partial charge in [0.25, 0.3) is 0 Å². The van der Waals surface area contributed by atoms with E-state index in [1.807, 2.05) is 18.2 Å². The Labute approximate surface area is 105 Å². The standard InChI is InChI=1S/C12H15N3OS/c1-12(2,3)11-14-9(15-16-11)8-17-10-6-4-5-7-13-10/h4-7H,8H2,1-3H3. The monoisotopic (exact) mass is 249 g/mol. The van der Waals surface area contributed by atoms with Crippen molar-refractivity contribution in [3.05, 3.63) is 36.1 Å². The molecule has 0 aromatic carbocycles. The molecular formula is C12H15N3OS. The van der Waals surface area contributed by atoms with Crippen LogP contribution in [-0.4, -0.2) is 15.1 Å². The Kier molecular flexibility index (Phi) is 3.47. The minimum Gasteiger partial charge on any atom is -0.339 e. The third-order valence-electron chi connectivity index (χ3n) is 2.10. The van der Waals surface area contributed by atoms with Gasteiger partial charge in [-0.3, -0.25) is 0 Å². The second-order valence-corrected chi connectivity index (χ2v) is 5.72. The van der Waals surface area contributed by atoms with Gasteiger partial charge in [-0.2, -0.15) is 4.98 Å². The summed E-state index contributed by atoms with van der Waals surface area (Å²) in [5.41, 5.74) is -0.0963. The minimum atomic E-state index is -0.0963. The predicted molar refractivity (Wildman–Crippen MR) is 66.8 cm³/mol. The van der Waals surface area contributed by atoms with Crippen LogP contribution in [0.3, 0.4) is 0 Å². The van der Waals surface area contributed by atoms with Crippen molar-refractivity contribution in [2.24, 2.45) is 0 Å². The first-order valence-corrected chi connectivity index (χ1v) is 6.41. The van der Waals surface area contributed by atoms with Crippen LogP contribution in [0.2, 0.25) is 0 Å². The zero-order chi connectivity index (χ0) is 12.3. The number of thioether (sulfide) groups is 1. The van der Waals surface area contributed by atoms with E-state index in [-0.39, 0.29) is 5.41 Å². The molecule has 0 spiro atoms. The molecule has 0 bridgehead atoms. The second-order valence-electron chi connectivity index (χ2n) is 4.72. The van der Waals surface area contributed by atoms with Crippen molar-refractivity contribution in [2.75, 3.05) is 0 Å². The number of hydrogen-bond acceptors (Lipinski definition) is 5. The van der Waals surface area contributed by atoms with E-state index in [1.54, 1.807) is 18.0 Å². The van der Waals surface area contributed by atoms with E-state index < -0.39 is 0 Å². The summed E-state index contributed by atoms with van der Waals surface area (Å²) in [4.78, 5) is 8.60. The van der Waals surface area contributed by atoms with Crippen molar-refractivity contribution in [1.82, 2.24) is 15.1 Å². The van der Waals surface area contributed by atoms with Crippen LogP contribution in [0.1, 0.15) is 32.5 Å². The number of nitrogens with zero attached hydrogens (tertiary/aromatic N) is 3. The first-order valence-electron chi connectivity index (χ1n) is 5.42. The van der Waals surface area contributed by atoms with Crippen molar-refractivity contribution in [1.29, 1.82) is 0 Å². The number of rotatable bonds is 3. The van der Waals surface area contributed by atoms with E-state index in [0.717, 1.165) is 5.03 Å². The highest BCUT2D eigenvalue weighted by molar-refractivity contribution is 7.98. The molecule has 0 saturated heterocycles. The van der Waals surface area contributed by atoms with Crippen LogP contribution in [0, 0.1) is 0 Å². The smallest absolute Gasteiger partial charge is 0.232 e. The molecule has 0 aliphatic rings. The molecule has 0 atom stereocenters. The molecule has 0 N–H and O–H groups in total. The first kappa shape index (κ1) is 12.1. The fraction of sp³-hybridized carbons (Fsp3) is 0.417. The molecule has 2 aromatic heterocycles. The Morgan fingerprint density at radius 2 is 2.12 bits per heavy atom. The van der Waals surface area contributed by atoms with Crippen molar-refractivity contribution in [3.8, 4) is 0 Å². The third kappa shape index (κ3) is 3.30. The highest BCUT2D eigenvalue weighted by Crippen LogP contribution is 2.23. The van der Waals surface area contributed by atoms with Gasteiger partial charge in [0.05, 0.1) is 10.8 Å². The highest BCUT2D eigenvalue weighted by atomic mass is 32.2. The number of pyridine rings is 1. The molecule has 2 heterocycles. The second kappa shape index (κ2) is 4.87. The average molecular weight is 249 g/mol. The molecule has 0 radical (unpaired) electrons. The quantitative estimate of drug-likeness (QED) is 0.782. The summed E-state index contributed by atoms with van der Waals surface area (Å²) in [6.07, 6.45) is 1.78. The maximum Gasteiger partial charge on any atom is 0.232 e. The molecule has 4 nitrogen and oxygen atoms in total. The van der Waals surface area contributed by atoms with Gasteiger partial charge in [-0.25, -0.2) is 4.98 Å². The summed E-state index contributed by atoms with van der Waals surface area (Å²) in [5.74, 6) is 2.07. The van der Waals surface area contributed by atoms with E-state index in [4.69, 9.17) is 4.52 Å². The first-order chi connectivity index (χ1) is 8.05. The lowest BCUT2D eigenvalue weighted by Gasteiger charge is -2.10. The largest absolute Gasteiger partial charge is 0.339 e. The van der Waals surface area contributed by atoms with Crippen LogP contribution < -0.4 is 0 Å². The molecule has 0 saturated carbocycles. The lowest BCUT2D eigenvalue weighted by molar-refractivity contribution is 0.319. The van der Waals surface area contributed by atoms with Gasteiger partial charge in [0.1, 0.15) is 0 Å². The van der Waals surface area contributed by atoms with Gasteiger partial charge in [-0.15, -0.1) is 0 Å². The fourth-order valence-corrected chi connectivity index (χ4v) is 1.89. The van der Waals surface area contributed by atoms with E-state index >= 15 is 0 Å². The van der Waals surface area contributed by atoms with E-state index in [0.29, 0.717) is 17.5 Å². The van der Waals surface area contributed by atoms with Crippen LogP contribution in [0.25, 0.3) is 0 Å². The van der Waals surface area contributed by atoms with Crippen LogP contribution in [-0.2, 0) is 11.2 Å². The minimum absolute atomic E-state index is 0.0963. The Hall–Kier alpha value is -1.36. The van der Waals surface area contributed by atoms with E-state index in [9.17, 15) is 0 Å². The molecular weight excluding hydrogens is 234 g/mol. The molecule has 0 aliphatic carbocycles. The van der Waals surface area contributed by atoms with E-state index in [2.05, 4.69) is 35.9 Å². The van der Waals surface area contributed by atoms with Gasteiger partial charge in [0, 0.05) is 11.6 Å². The van der Waals surface area contributed by atoms with Gasteiger partial charge < -0.3 is 4.52 Å². The van der Waals surface area contributed by atoms with Crippen LogP contribution in [0.15, 0.2) is 33.9 Å². The lowest BCUT2D eigenvalue weighted by atomic mass is 9.97. The number of aromatic nitrogens is 3. The summed E-state index contributed by atoms with van der Waals surface area (Å²) < 4.78 is 5.22. The van der Waals surface area contributed by atoms with Crippen LogP contribution in [0.4, 0.5) is 0 Å². The SMILES string of the molecule is CC(C)(C)c1nc(CSc2ccccn2)no1.